The Morgan fingerprint density at radius 2 is 1.16 bits per heavy atom. The van der Waals surface area contributed by atoms with Crippen LogP contribution in [0.1, 0.15) is 11.1 Å². The van der Waals surface area contributed by atoms with Gasteiger partial charge in [-0.1, -0.05) is 66.7 Å². The molecule has 5 aromatic rings. The average molecular weight is 487 g/mol. The lowest BCUT2D eigenvalue weighted by Crippen LogP contribution is -2.33. The number of hydrogen-bond acceptors (Lipinski definition) is 5. The lowest BCUT2D eigenvalue weighted by molar-refractivity contribution is -0.119. The third-order valence-corrected chi connectivity index (χ3v) is 5.93. The van der Waals surface area contributed by atoms with Gasteiger partial charge >= 0.3 is 0 Å². The summed E-state index contributed by atoms with van der Waals surface area (Å²) in [4.78, 5) is 20.4. The van der Waals surface area contributed by atoms with E-state index in [1.165, 1.54) is 0 Å². The summed E-state index contributed by atoms with van der Waals surface area (Å²) in [5.74, 6) is 0.0609. The Morgan fingerprint density at radius 3 is 1.76 bits per heavy atom. The van der Waals surface area contributed by atoms with E-state index in [2.05, 4.69) is 9.97 Å². The third kappa shape index (κ3) is 7.69. The molecule has 0 aliphatic heterocycles. The van der Waals surface area contributed by atoms with Crippen LogP contribution in [0.3, 0.4) is 0 Å². The molecule has 4 N–H and O–H groups in total. The van der Waals surface area contributed by atoms with E-state index in [-0.39, 0.29) is 5.78 Å². The van der Waals surface area contributed by atoms with Gasteiger partial charge in [0.15, 0.2) is 5.78 Å². The number of hydrogen-bond donors (Lipinski definition) is 2. The van der Waals surface area contributed by atoms with Crippen LogP contribution in [0.2, 0.25) is 0 Å². The molecule has 0 unspecified atom stereocenters. The van der Waals surface area contributed by atoms with Crippen molar-refractivity contribution in [2.24, 2.45) is 5.73 Å². The molecule has 2 aromatic heterocycles. The van der Waals surface area contributed by atoms with Crippen molar-refractivity contribution in [3.63, 3.8) is 0 Å². The first-order valence-corrected chi connectivity index (χ1v) is 12.2. The van der Waals surface area contributed by atoms with Crippen molar-refractivity contribution in [1.29, 1.82) is 0 Å². The number of nitrogens with two attached hydrogens (primary N) is 2. The minimum absolute atomic E-state index is 0.0609. The second-order valence-electron chi connectivity index (χ2n) is 8.74. The number of nitrogen functional groups attached to an aromatic ring is 1. The normalized spacial score (nSPS) is 11.2. The molecule has 3 aromatic carbocycles. The molecule has 37 heavy (non-hydrogen) atoms. The lowest BCUT2D eigenvalue weighted by Gasteiger charge is -2.11. The number of rotatable bonds is 7. The maximum Gasteiger partial charge on any atom is 0.154 e. The Hall–Kier alpha value is -4.61. The molecule has 0 fully saturated rings. The highest BCUT2D eigenvalue weighted by Gasteiger charge is 2.15. The zero-order valence-electron chi connectivity index (χ0n) is 20.6. The van der Waals surface area contributed by atoms with Gasteiger partial charge in [0.25, 0.3) is 0 Å². The van der Waals surface area contributed by atoms with E-state index in [1.807, 2.05) is 103 Å². The van der Waals surface area contributed by atoms with Crippen LogP contribution in [0.5, 0.6) is 0 Å². The molecule has 5 nitrogen and oxygen atoms in total. The summed E-state index contributed by atoms with van der Waals surface area (Å²) in [5.41, 5.74) is 19.1. The third-order valence-electron chi connectivity index (χ3n) is 5.93. The monoisotopic (exact) mass is 486 g/mol. The van der Waals surface area contributed by atoms with Gasteiger partial charge in [0.2, 0.25) is 0 Å². The fourth-order valence-electron chi connectivity index (χ4n) is 3.98. The number of Topliss-reactive ketones (excluding diaryl/α,β-unsaturated/α-hetero) is 1. The Balaban J connectivity index is 0.000000207. The Morgan fingerprint density at radius 1 is 0.622 bits per heavy atom. The smallest absolute Gasteiger partial charge is 0.154 e. The van der Waals surface area contributed by atoms with Crippen molar-refractivity contribution in [3.8, 4) is 22.3 Å². The first-order valence-electron chi connectivity index (χ1n) is 12.2. The molecule has 5 rings (SSSR count). The van der Waals surface area contributed by atoms with E-state index in [9.17, 15) is 4.79 Å². The summed E-state index contributed by atoms with van der Waals surface area (Å²) in [6, 6.07) is 33.1. The molecule has 5 heteroatoms. The summed E-state index contributed by atoms with van der Waals surface area (Å²) >= 11 is 0. The maximum absolute atomic E-state index is 12.4. The maximum atomic E-state index is 12.4. The summed E-state index contributed by atoms with van der Waals surface area (Å²) in [6.07, 6.45) is 8.01. The van der Waals surface area contributed by atoms with E-state index in [0.717, 1.165) is 39.1 Å². The zero-order valence-corrected chi connectivity index (χ0v) is 20.6. The molecular weight excluding hydrogens is 456 g/mol. The van der Waals surface area contributed by atoms with Crippen molar-refractivity contribution < 1.29 is 4.79 Å². The Labute approximate surface area is 217 Å². The average Bonchev–Trinajstić information content (AvgIpc) is 2.95. The number of pyridine rings is 2. The summed E-state index contributed by atoms with van der Waals surface area (Å²) < 4.78 is 0. The summed E-state index contributed by atoms with van der Waals surface area (Å²) in [7, 11) is 0. The topological polar surface area (TPSA) is 94.9 Å². The molecule has 0 spiro atoms. The van der Waals surface area contributed by atoms with Crippen molar-refractivity contribution >= 4 is 11.5 Å². The summed E-state index contributed by atoms with van der Waals surface area (Å²) in [6.45, 7) is 0. The number of carbonyl (C=O) groups excluding carboxylic acids is 1. The highest BCUT2D eigenvalue weighted by Crippen LogP contribution is 2.21. The van der Waals surface area contributed by atoms with Gasteiger partial charge in [-0.2, -0.15) is 0 Å². The molecule has 2 heterocycles. The standard InChI is InChI=1S/C21H20N2O.C11H10N2/c22-20(14-16-5-2-1-3-6-16)21(24)15-17-7-4-8-19(13-17)18-9-11-23-12-10-18;12-11-3-1-2-10(8-11)9-4-6-13-7-5-9/h1-13,20H,14-15,22H2;1-8H,12H2/t20-;/m0./s1. The quantitative estimate of drug-likeness (QED) is 0.285. The van der Waals surface area contributed by atoms with Gasteiger partial charge in [-0.05, 0) is 76.2 Å². The van der Waals surface area contributed by atoms with Crippen LogP contribution >= 0.6 is 0 Å². The van der Waals surface area contributed by atoms with Crippen LogP contribution < -0.4 is 11.5 Å². The number of aromatic nitrogens is 2. The minimum atomic E-state index is -0.475. The lowest BCUT2D eigenvalue weighted by atomic mass is 9.96. The molecule has 0 saturated heterocycles. The fraction of sp³-hybridized carbons (Fsp3) is 0.0938. The fourth-order valence-corrected chi connectivity index (χ4v) is 3.98. The Kier molecular flexibility index (Phi) is 8.89. The van der Waals surface area contributed by atoms with Crippen molar-refractivity contribution in [3.05, 3.63) is 139 Å². The van der Waals surface area contributed by atoms with E-state index in [4.69, 9.17) is 11.5 Å². The van der Waals surface area contributed by atoms with Gasteiger partial charge in [0.05, 0.1) is 6.04 Å². The second-order valence-corrected chi connectivity index (χ2v) is 8.74. The van der Waals surface area contributed by atoms with Gasteiger partial charge in [-0.25, -0.2) is 0 Å². The molecular formula is C32H30N4O. The van der Waals surface area contributed by atoms with Crippen LogP contribution in [-0.2, 0) is 17.6 Å². The van der Waals surface area contributed by atoms with Crippen molar-refractivity contribution in [1.82, 2.24) is 9.97 Å². The predicted octanol–water partition coefficient (Wildman–Crippen LogP) is 5.76. The van der Waals surface area contributed by atoms with Crippen LogP contribution in [0, 0.1) is 0 Å². The molecule has 0 bridgehead atoms. The molecule has 0 aliphatic rings. The number of anilines is 1. The van der Waals surface area contributed by atoms with E-state index >= 15 is 0 Å². The van der Waals surface area contributed by atoms with Gasteiger partial charge in [0, 0.05) is 36.9 Å². The van der Waals surface area contributed by atoms with E-state index < -0.39 is 6.04 Å². The largest absolute Gasteiger partial charge is 0.399 e. The van der Waals surface area contributed by atoms with Gasteiger partial charge in [-0.15, -0.1) is 0 Å². The second kappa shape index (κ2) is 12.9. The molecule has 0 saturated carbocycles. The summed E-state index contributed by atoms with van der Waals surface area (Å²) in [5, 5.41) is 0. The molecule has 184 valence electrons. The highest BCUT2D eigenvalue weighted by atomic mass is 16.1. The number of carbonyl (C=O) groups is 1. The highest BCUT2D eigenvalue weighted by molar-refractivity contribution is 5.86. The van der Waals surface area contributed by atoms with Gasteiger partial charge < -0.3 is 11.5 Å². The first kappa shape index (κ1) is 25.5. The SMILES string of the molecule is N[C@@H](Cc1ccccc1)C(=O)Cc1cccc(-c2ccncc2)c1.Nc1cccc(-c2ccncc2)c1. The zero-order chi connectivity index (χ0) is 25.9. The van der Waals surface area contributed by atoms with Crippen LogP contribution in [0.4, 0.5) is 5.69 Å². The van der Waals surface area contributed by atoms with Crippen molar-refractivity contribution in [2.75, 3.05) is 5.73 Å². The van der Waals surface area contributed by atoms with E-state index in [0.29, 0.717) is 12.8 Å². The molecule has 0 radical (unpaired) electrons. The van der Waals surface area contributed by atoms with Crippen LogP contribution in [-0.4, -0.2) is 21.8 Å². The first-order chi connectivity index (χ1) is 18.1. The van der Waals surface area contributed by atoms with E-state index in [1.54, 1.807) is 24.8 Å². The van der Waals surface area contributed by atoms with Gasteiger partial charge in [-0.3, -0.25) is 14.8 Å². The molecule has 0 amide bonds. The Bertz CT molecular complexity index is 1410. The number of nitrogens with zero attached hydrogens (tertiary/aromatic N) is 2. The predicted molar refractivity (Wildman–Crippen MR) is 151 cm³/mol. The number of benzene rings is 3. The van der Waals surface area contributed by atoms with Crippen LogP contribution in [0.15, 0.2) is 128 Å². The van der Waals surface area contributed by atoms with Gasteiger partial charge in [0.1, 0.15) is 0 Å². The van der Waals surface area contributed by atoms with Crippen molar-refractivity contribution in [2.45, 2.75) is 18.9 Å². The number of ketones is 1. The molecule has 0 aliphatic carbocycles. The van der Waals surface area contributed by atoms with Crippen LogP contribution in [0.25, 0.3) is 22.3 Å². The molecule has 1 atom stereocenters. The minimum Gasteiger partial charge on any atom is -0.399 e.